The van der Waals surface area contributed by atoms with E-state index < -0.39 is 12.0 Å². The van der Waals surface area contributed by atoms with Gasteiger partial charge in [-0.3, -0.25) is 4.90 Å². The standard InChI is InChI=1S/C23H27N5O3/c1-16-6-8-17(9-7-16)21-20(22(29)31-2)18(25-23(30)26-21)15-27-11-13-28(14-12-27)19-5-3-4-10-24-19/h3-10,21H,11-15H2,1-2H3,(H2,25,26,30)/t21-/m0/s1. The molecule has 0 unspecified atom stereocenters. The highest BCUT2D eigenvalue weighted by atomic mass is 16.5. The summed E-state index contributed by atoms with van der Waals surface area (Å²) in [7, 11) is 1.36. The summed E-state index contributed by atoms with van der Waals surface area (Å²) < 4.78 is 5.07. The van der Waals surface area contributed by atoms with Gasteiger partial charge >= 0.3 is 12.0 Å². The number of carbonyl (C=O) groups is 2. The van der Waals surface area contributed by atoms with E-state index in [0.29, 0.717) is 17.8 Å². The highest BCUT2D eigenvalue weighted by molar-refractivity contribution is 5.95. The van der Waals surface area contributed by atoms with Crippen molar-refractivity contribution in [1.82, 2.24) is 20.5 Å². The smallest absolute Gasteiger partial charge is 0.338 e. The van der Waals surface area contributed by atoms with E-state index >= 15 is 0 Å². The Morgan fingerprint density at radius 2 is 1.87 bits per heavy atom. The zero-order chi connectivity index (χ0) is 21.8. The molecule has 0 spiro atoms. The maximum Gasteiger partial charge on any atom is 0.338 e. The highest BCUT2D eigenvalue weighted by Gasteiger charge is 2.34. The Kier molecular flexibility index (Phi) is 6.18. The van der Waals surface area contributed by atoms with Crippen molar-refractivity contribution in [3.8, 4) is 0 Å². The summed E-state index contributed by atoms with van der Waals surface area (Å²) in [5, 5.41) is 5.71. The second kappa shape index (κ2) is 9.18. The average molecular weight is 422 g/mol. The van der Waals surface area contributed by atoms with Crippen molar-refractivity contribution in [2.45, 2.75) is 13.0 Å². The molecule has 0 saturated carbocycles. The Hall–Kier alpha value is -3.39. The van der Waals surface area contributed by atoms with Crippen molar-refractivity contribution < 1.29 is 14.3 Å². The number of rotatable bonds is 5. The number of hydrogen-bond donors (Lipinski definition) is 2. The van der Waals surface area contributed by atoms with Gasteiger partial charge < -0.3 is 20.3 Å². The topological polar surface area (TPSA) is 86.8 Å². The summed E-state index contributed by atoms with van der Waals surface area (Å²) in [4.78, 5) is 34.0. The van der Waals surface area contributed by atoms with Crippen molar-refractivity contribution in [1.29, 1.82) is 0 Å². The number of pyridine rings is 1. The number of piperazine rings is 1. The predicted octanol–water partition coefficient (Wildman–Crippen LogP) is 1.99. The third-order valence-electron chi connectivity index (χ3n) is 5.70. The van der Waals surface area contributed by atoms with Crippen molar-refractivity contribution in [2.75, 3.05) is 44.7 Å². The number of urea groups is 1. The lowest BCUT2D eigenvalue weighted by Crippen LogP contribution is -2.51. The number of nitrogens with zero attached hydrogens (tertiary/aromatic N) is 3. The first kappa shape index (κ1) is 20.9. The van der Waals surface area contributed by atoms with Gasteiger partial charge in [0, 0.05) is 44.6 Å². The minimum absolute atomic E-state index is 0.319. The van der Waals surface area contributed by atoms with Crippen LogP contribution in [0.5, 0.6) is 0 Å². The van der Waals surface area contributed by atoms with Gasteiger partial charge in [-0.15, -0.1) is 0 Å². The van der Waals surface area contributed by atoms with E-state index in [1.807, 2.05) is 49.4 Å². The van der Waals surface area contributed by atoms with Gasteiger partial charge in [0.25, 0.3) is 0 Å². The minimum Gasteiger partial charge on any atom is -0.466 e. The maximum atomic E-state index is 12.7. The molecule has 31 heavy (non-hydrogen) atoms. The van der Waals surface area contributed by atoms with Gasteiger partial charge in [0.2, 0.25) is 0 Å². The van der Waals surface area contributed by atoms with Crippen LogP contribution in [0.15, 0.2) is 59.9 Å². The molecular formula is C23H27N5O3. The molecule has 2 aromatic rings. The molecule has 4 rings (SSSR count). The Balaban J connectivity index is 1.54. The number of aromatic nitrogens is 1. The number of anilines is 1. The molecule has 8 heteroatoms. The predicted molar refractivity (Wildman–Crippen MR) is 118 cm³/mol. The number of benzene rings is 1. The Labute approximate surface area is 181 Å². The van der Waals surface area contributed by atoms with E-state index in [1.54, 1.807) is 6.20 Å². The summed E-state index contributed by atoms with van der Waals surface area (Å²) in [5.41, 5.74) is 2.99. The maximum absolute atomic E-state index is 12.7. The molecule has 2 amide bonds. The van der Waals surface area contributed by atoms with Crippen LogP contribution in [0.2, 0.25) is 0 Å². The Morgan fingerprint density at radius 3 is 2.52 bits per heavy atom. The molecule has 1 atom stereocenters. The SMILES string of the molecule is COC(=O)C1=C(CN2CCN(c3ccccn3)CC2)NC(=O)N[C@H]1c1ccc(C)cc1. The lowest BCUT2D eigenvalue weighted by molar-refractivity contribution is -0.136. The first-order valence-electron chi connectivity index (χ1n) is 10.4. The molecule has 0 bridgehead atoms. The number of hydrogen-bond acceptors (Lipinski definition) is 6. The van der Waals surface area contributed by atoms with Gasteiger partial charge in [-0.05, 0) is 24.6 Å². The fourth-order valence-electron chi connectivity index (χ4n) is 4.00. The van der Waals surface area contributed by atoms with Gasteiger partial charge in [-0.25, -0.2) is 14.6 Å². The first-order valence-corrected chi connectivity index (χ1v) is 10.4. The van der Waals surface area contributed by atoms with Gasteiger partial charge in [-0.1, -0.05) is 35.9 Å². The van der Waals surface area contributed by atoms with Gasteiger partial charge in [0.05, 0.1) is 18.7 Å². The summed E-state index contributed by atoms with van der Waals surface area (Å²) in [6.07, 6.45) is 1.80. The molecule has 2 aliphatic rings. The van der Waals surface area contributed by atoms with Crippen LogP contribution < -0.4 is 15.5 Å². The fraction of sp³-hybridized carbons (Fsp3) is 0.348. The number of ether oxygens (including phenoxy) is 1. The summed E-state index contributed by atoms with van der Waals surface area (Å²) in [5.74, 6) is 0.520. The normalized spacial score (nSPS) is 19.6. The molecule has 2 N–H and O–H groups in total. The lowest BCUT2D eigenvalue weighted by Gasteiger charge is -2.37. The average Bonchev–Trinajstić information content (AvgIpc) is 2.80. The highest BCUT2D eigenvalue weighted by Crippen LogP contribution is 2.28. The van der Waals surface area contributed by atoms with E-state index in [-0.39, 0.29) is 6.03 Å². The zero-order valence-electron chi connectivity index (χ0n) is 17.8. The van der Waals surface area contributed by atoms with Gasteiger partial charge in [0.15, 0.2) is 0 Å². The summed E-state index contributed by atoms with van der Waals surface area (Å²) in [6.45, 7) is 5.71. The van der Waals surface area contributed by atoms with E-state index in [1.165, 1.54) is 7.11 Å². The Morgan fingerprint density at radius 1 is 1.13 bits per heavy atom. The minimum atomic E-state index is -0.549. The van der Waals surface area contributed by atoms with Crippen molar-refractivity contribution in [2.24, 2.45) is 0 Å². The monoisotopic (exact) mass is 421 g/mol. The molecule has 1 aromatic heterocycles. The van der Waals surface area contributed by atoms with Crippen LogP contribution in [0.25, 0.3) is 0 Å². The van der Waals surface area contributed by atoms with Crippen LogP contribution in [0.4, 0.5) is 10.6 Å². The largest absolute Gasteiger partial charge is 0.466 e. The molecule has 2 aliphatic heterocycles. The molecule has 0 radical (unpaired) electrons. The molecule has 1 fully saturated rings. The number of esters is 1. The van der Waals surface area contributed by atoms with Crippen LogP contribution >= 0.6 is 0 Å². The third kappa shape index (κ3) is 4.69. The number of aryl methyl sites for hydroxylation is 1. The number of methoxy groups -OCH3 is 1. The first-order chi connectivity index (χ1) is 15.0. The second-order valence-electron chi connectivity index (χ2n) is 7.78. The number of carbonyl (C=O) groups excluding carboxylic acids is 2. The van der Waals surface area contributed by atoms with Crippen LogP contribution in [-0.2, 0) is 9.53 Å². The van der Waals surface area contributed by atoms with Crippen LogP contribution in [0, 0.1) is 6.92 Å². The molecule has 1 saturated heterocycles. The van der Waals surface area contributed by atoms with E-state index in [9.17, 15) is 9.59 Å². The van der Waals surface area contributed by atoms with Crippen LogP contribution in [0.1, 0.15) is 17.2 Å². The molecule has 3 heterocycles. The zero-order valence-corrected chi connectivity index (χ0v) is 17.8. The summed E-state index contributed by atoms with van der Waals surface area (Å²) >= 11 is 0. The second-order valence-corrected chi connectivity index (χ2v) is 7.78. The van der Waals surface area contributed by atoms with Crippen LogP contribution in [0.3, 0.4) is 0 Å². The van der Waals surface area contributed by atoms with Crippen molar-refractivity contribution >= 4 is 17.8 Å². The van der Waals surface area contributed by atoms with Crippen LogP contribution in [-0.4, -0.2) is 61.7 Å². The van der Waals surface area contributed by atoms with E-state index in [2.05, 4.69) is 25.4 Å². The molecular weight excluding hydrogens is 394 g/mol. The summed E-state index contributed by atoms with van der Waals surface area (Å²) in [6, 6.07) is 12.8. The van der Waals surface area contributed by atoms with Gasteiger partial charge in [-0.2, -0.15) is 0 Å². The quantitative estimate of drug-likeness (QED) is 0.718. The molecule has 1 aromatic carbocycles. The van der Waals surface area contributed by atoms with Gasteiger partial charge in [0.1, 0.15) is 5.82 Å². The van der Waals surface area contributed by atoms with E-state index in [4.69, 9.17) is 4.74 Å². The molecule has 8 nitrogen and oxygen atoms in total. The number of nitrogens with one attached hydrogen (secondary N) is 2. The number of amides is 2. The van der Waals surface area contributed by atoms with E-state index in [0.717, 1.165) is 43.1 Å². The fourth-order valence-corrected chi connectivity index (χ4v) is 4.00. The Bertz CT molecular complexity index is 966. The van der Waals surface area contributed by atoms with Crippen molar-refractivity contribution in [3.63, 3.8) is 0 Å². The van der Waals surface area contributed by atoms with Crippen molar-refractivity contribution in [3.05, 3.63) is 71.1 Å². The molecule has 162 valence electrons. The molecule has 0 aliphatic carbocycles. The third-order valence-corrected chi connectivity index (χ3v) is 5.70. The lowest BCUT2D eigenvalue weighted by atomic mass is 9.94.